The molecule has 98 valence electrons. The quantitative estimate of drug-likeness (QED) is 0.807. The van der Waals surface area contributed by atoms with Crippen LogP contribution in [-0.4, -0.2) is 27.5 Å². The van der Waals surface area contributed by atoms with Crippen LogP contribution in [0.5, 0.6) is 0 Å². The molecule has 0 saturated carbocycles. The first-order chi connectivity index (χ1) is 9.33. The van der Waals surface area contributed by atoms with Gasteiger partial charge in [0.2, 0.25) is 5.28 Å². The lowest BCUT2D eigenvalue weighted by molar-refractivity contribution is 0.647. The van der Waals surface area contributed by atoms with E-state index in [1.807, 2.05) is 24.4 Å². The number of anilines is 1. The van der Waals surface area contributed by atoms with Crippen molar-refractivity contribution in [2.45, 2.75) is 25.3 Å². The maximum absolute atomic E-state index is 5.87. The van der Waals surface area contributed by atoms with Crippen molar-refractivity contribution in [3.8, 4) is 0 Å². The third-order valence-electron chi connectivity index (χ3n) is 3.45. The number of hydrogen-bond acceptors (Lipinski definition) is 4. The number of rotatable bonds is 3. The molecule has 4 nitrogen and oxygen atoms in total. The van der Waals surface area contributed by atoms with Gasteiger partial charge in [0.05, 0.1) is 0 Å². The van der Waals surface area contributed by atoms with Crippen LogP contribution < -0.4 is 4.90 Å². The zero-order valence-corrected chi connectivity index (χ0v) is 11.3. The molecule has 0 amide bonds. The van der Waals surface area contributed by atoms with Gasteiger partial charge in [-0.3, -0.25) is 4.98 Å². The van der Waals surface area contributed by atoms with Gasteiger partial charge >= 0.3 is 0 Å². The molecule has 1 aliphatic rings. The first-order valence-corrected chi connectivity index (χ1v) is 6.86. The topological polar surface area (TPSA) is 41.9 Å². The predicted molar refractivity (Wildman–Crippen MR) is 75.4 cm³/mol. The van der Waals surface area contributed by atoms with E-state index in [1.54, 1.807) is 6.20 Å². The van der Waals surface area contributed by atoms with Gasteiger partial charge in [-0.05, 0) is 42.6 Å². The monoisotopic (exact) mass is 274 g/mol. The van der Waals surface area contributed by atoms with Gasteiger partial charge < -0.3 is 4.90 Å². The van der Waals surface area contributed by atoms with Crippen LogP contribution in [0.4, 0.5) is 5.82 Å². The van der Waals surface area contributed by atoms with Crippen LogP contribution in [-0.2, 0) is 6.42 Å². The van der Waals surface area contributed by atoms with Crippen molar-refractivity contribution in [3.63, 3.8) is 0 Å². The summed E-state index contributed by atoms with van der Waals surface area (Å²) in [5.74, 6) is 0.915. The summed E-state index contributed by atoms with van der Waals surface area (Å²) in [6.45, 7) is 1.02. The highest BCUT2D eigenvalue weighted by Gasteiger charge is 2.26. The molecule has 3 rings (SSSR count). The van der Waals surface area contributed by atoms with Gasteiger partial charge in [0.25, 0.3) is 0 Å². The van der Waals surface area contributed by atoms with E-state index >= 15 is 0 Å². The van der Waals surface area contributed by atoms with Gasteiger partial charge in [-0.1, -0.05) is 6.07 Å². The predicted octanol–water partition coefficient (Wildman–Crippen LogP) is 2.74. The molecular formula is C14H15ClN4. The van der Waals surface area contributed by atoms with Crippen LogP contribution in [0.1, 0.15) is 18.5 Å². The largest absolute Gasteiger partial charge is 0.353 e. The Morgan fingerprint density at radius 2 is 2.16 bits per heavy atom. The van der Waals surface area contributed by atoms with Crippen molar-refractivity contribution >= 4 is 17.4 Å². The smallest absolute Gasteiger partial charge is 0.224 e. The van der Waals surface area contributed by atoms with E-state index in [9.17, 15) is 0 Å². The summed E-state index contributed by atoms with van der Waals surface area (Å²) in [6.07, 6.45) is 6.84. The number of hydrogen-bond donors (Lipinski definition) is 0. The van der Waals surface area contributed by atoms with Crippen molar-refractivity contribution in [2.75, 3.05) is 11.4 Å². The van der Waals surface area contributed by atoms with Gasteiger partial charge in [0, 0.05) is 37.1 Å². The summed E-state index contributed by atoms with van der Waals surface area (Å²) in [5, 5.41) is 0.306. The Kier molecular flexibility index (Phi) is 3.60. The molecule has 1 aliphatic heterocycles. The second kappa shape index (κ2) is 5.53. The highest BCUT2D eigenvalue weighted by molar-refractivity contribution is 6.28. The molecule has 0 N–H and O–H groups in total. The van der Waals surface area contributed by atoms with Gasteiger partial charge in [-0.25, -0.2) is 9.97 Å². The van der Waals surface area contributed by atoms with Crippen molar-refractivity contribution in [2.24, 2.45) is 0 Å². The number of nitrogens with zero attached hydrogens (tertiary/aromatic N) is 4. The minimum atomic E-state index is 0.306. The molecule has 2 aromatic heterocycles. The summed E-state index contributed by atoms with van der Waals surface area (Å²) < 4.78 is 0. The Hall–Kier alpha value is -1.68. The Morgan fingerprint density at radius 3 is 2.95 bits per heavy atom. The SMILES string of the molecule is Clc1nccc(N2CCC[C@H]2Cc2ccccn2)n1. The summed E-state index contributed by atoms with van der Waals surface area (Å²) >= 11 is 5.87. The standard InChI is InChI=1S/C14H15ClN4/c15-14-17-8-6-13(18-14)19-9-3-5-12(19)10-11-4-1-2-7-16-11/h1-2,4,6-8,12H,3,5,9-10H2/t12-/m0/s1. The molecule has 0 aliphatic carbocycles. The maximum atomic E-state index is 5.87. The Labute approximate surface area is 117 Å². The fourth-order valence-electron chi connectivity index (χ4n) is 2.60. The van der Waals surface area contributed by atoms with Crippen molar-refractivity contribution in [3.05, 3.63) is 47.6 Å². The molecule has 0 spiro atoms. The fourth-order valence-corrected chi connectivity index (χ4v) is 2.74. The molecule has 1 fully saturated rings. The second-order valence-electron chi connectivity index (χ2n) is 4.70. The first kappa shape index (κ1) is 12.4. The van der Waals surface area contributed by atoms with E-state index < -0.39 is 0 Å². The van der Waals surface area contributed by atoms with E-state index in [-0.39, 0.29) is 0 Å². The maximum Gasteiger partial charge on any atom is 0.224 e. The zero-order chi connectivity index (χ0) is 13.1. The third-order valence-corrected chi connectivity index (χ3v) is 3.64. The van der Waals surface area contributed by atoms with E-state index in [0.29, 0.717) is 11.3 Å². The van der Waals surface area contributed by atoms with Gasteiger partial charge in [0.15, 0.2) is 0 Å². The highest BCUT2D eigenvalue weighted by atomic mass is 35.5. The summed E-state index contributed by atoms with van der Waals surface area (Å²) in [6, 6.07) is 8.41. The normalized spacial score (nSPS) is 18.8. The van der Waals surface area contributed by atoms with Crippen molar-refractivity contribution in [1.82, 2.24) is 15.0 Å². The lowest BCUT2D eigenvalue weighted by atomic mass is 10.1. The van der Waals surface area contributed by atoms with Crippen LogP contribution in [0, 0.1) is 0 Å². The summed E-state index contributed by atoms with van der Waals surface area (Å²) in [5.41, 5.74) is 1.12. The van der Waals surface area contributed by atoms with Crippen LogP contribution in [0.3, 0.4) is 0 Å². The van der Waals surface area contributed by atoms with E-state index in [4.69, 9.17) is 11.6 Å². The molecule has 0 unspecified atom stereocenters. The van der Waals surface area contributed by atoms with Crippen LogP contribution in [0.25, 0.3) is 0 Å². The van der Waals surface area contributed by atoms with Crippen LogP contribution in [0.2, 0.25) is 5.28 Å². The summed E-state index contributed by atoms with van der Waals surface area (Å²) in [4.78, 5) is 15.0. The zero-order valence-electron chi connectivity index (χ0n) is 10.5. The first-order valence-electron chi connectivity index (χ1n) is 6.48. The highest BCUT2D eigenvalue weighted by Crippen LogP contribution is 2.26. The molecule has 1 saturated heterocycles. The molecule has 0 radical (unpaired) electrons. The molecule has 3 heterocycles. The molecular weight excluding hydrogens is 260 g/mol. The van der Waals surface area contributed by atoms with Gasteiger partial charge in [-0.15, -0.1) is 0 Å². The number of halogens is 1. The third kappa shape index (κ3) is 2.84. The van der Waals surface area contributed by atoms with E-state index in [2.05, 4.69) is 25.9 Å². The average Bonchev–Trinajstić information content (AvgIpc) is 2.88. The lowest BCUT2D eigenvalue weighted by Crippen LogP contribution is -2.32. The number of aromatic nitrogens is 3. The molecule has 2 aromatic rings. The Morgan fingerprint density at radius 1 is 1.21 bits per heavy atom. The fraction of sp³-hybridized carbons (Fsp3) is 0.357. The van der Waals surface area contributed by atoms with E-state index in [0.717, 1.165) is 30.9 Å². The van der Waals surface area contributed by atoms with Gasteiger partial charge in [0.1, 0.15) is 5.82 Å². The van der Waals surface area contributed by atoms with Crippen molar-refractivity contribution < 1.29 is 0 Å². The molecule has 5 heteroatoms. The Balaban J connectivity index is 1.78. The number of pyridine rings is 1. The van der Waals surface area contributed by atoms with E-state index in [1.165, 1.54) is 6.42 Å². The van der Waals surface area contributed by atoms with Crippen LogP contribution in [0.15, 0.2) is 36.7 Å². The molecule has 0 bridgehead atoms. The minimum Gasteiger partial charge on any atom is -0.353 e. The van der Waals surface area contributed by atoms with Gasteiger partial charge in [-0.2, -0.15) is 0 Å². The molecule has 0 aromatic carbocycles. The van der Waals surface area contributed by atoms with Crippen LogP contribution >= 0.6 is 11.6 Å². The minimum absolute atomic E-state index is 0.306. The average molecular weight is 275 g/mol. The second-order valence-corrected chi connectivity index (χ2v) is 5.04. The summed E-state index contributed by atoms with van der Waals surface area (Å²) in [7, 11) is 0. The molecule has 19 heavy (non-hydrogen) atoms. The molecule has 1 atom stereocenters. The Bertz CT molecular complexity index is 546. The lowest BCUT2D eigenvalue weighted by Gasteiger charge is -2.25. The van der Waals surface area contributed by atoms with Crippen molar-refractivity contribution in [1.29, 1.82) is 0 Å².